The van der Waals surface area contributed by atoms with Crippen LogP contribution in [0.1, 0.15) is 0 Å². The standard InChI is InChI=1S/C3H7NOS.Zn/c1-4-3(6)5-2;/h1-2H3,(H,4,6);. The van der Waals surface area contributed by atoms with Gasteiger partial charge >= 0.3 is 0 Å². The van der Waals surface area contributed by atoms with Crippen molar-refractivity contribution in [2.24, 2.45) is 0 Å². The third-order valence-corrected chi connectivity index (χ3v) is 0.760. The molecule has 1 N–H and O–H groups in total. The van der Waals surface area contributed by atoms with Gasteiger partial charge in [0.25, 0.3) is 5.17 Å². The third-order valence-electron chi connectivity index (χ3n) is 0.390. The van der Waals surface area contributed by atoms with Crippen LogP contribution in [0.4, 0.5) is 0 Å². The topological polar surface area (TPSA) is 21.3 Å². The van der Waals surface area contributed by atoms with Crippen LogP contribution in [-0.2, 0) is 24.2 Å². The van der Waals surface area contributed by atoms with E-state index < -0.39 is 0 Å². The molecule has 0 amide bonds. The Kier molecular flexibility index (Phi) is 9.31. The number of hydrogen-bond acceptors (Lipinski definition) is 2. The second-order valence-corrected chi connectivity index (χ2v) is 1.11. The summed E-state index contributed by atoms with van der Waals surface area (Å²) in [4.78, 5) is 0. The van der Waals surface area contributed by atoms with E-state index in [4.69, 9.17) is 0 Å². The Hall–Kier alpha value is 0.313. The molecule has 0 aliphatic heterocycles. The fraction of sp³-hybridized carbons (Fsp3) is 0.667. The summed E-state index contributed by atoms with van der Waals surface area (Å²) in [6.07, 6.45) is 0. The molecule has 4 heteroatoms. The predicted molar refractivity (Wildman–Crippen MR) is 28.7 cm³/mol. The predicted octanol–water partition coefficient (Wildman–Crippen LogP) is 0.135. The van der Waals surface area contributed by atoms with E-state index in [-0.39, 0.29) is 19.5 Å². The zero-order chi connectivity index (χ0) is 4.99. The fourth-order valence-electron chi connectivity index (χ4n) is 0.102. The molecule has 2 nitrogen and oxygen atoms in total. The van der Waals surface area contributed by atoms with E-state index in [2.05, 4.69) is 22.3 Å². The molecule has 0 saturated heterocycles. The van der Waals surface area contributed by atoms with Crippen molar-refractivity contribution in [3.8, 4) is 0 Å². The first-order chi connectivity index (χ1) is 2.81. The maximum Gasteiger partial charge on any atom is 0.256 e. The molecular formula is C3H7NOSZn. The summed E-state index contributed by atoms with van der Waals surface area (Å²) in [5, 5.41) is 3.05. The number of ether oxygens (including phenoxy) is 1. The van der Waals surface area contributed by atoms with Crippen LogP contribution in [0.5, 0.6) is 0 Å². The molecule has 0 aromatic rings. The normalized spacial score (nSPS) is 6.00. The Morgan fingerprint density at radius 2 is 2.14 bits per heavy atom. The third kappa shape index (κ3) is 6.31. The largest absolute Gasteiger partial charge is 0.474 e. The molecule has 0 rings (SSSR count). The molecule has 0 saturated carbocycles. The van der Waals surface area contributed by atoms with Crippen LogP contribution < -0.4 is 5.32 Å². The van der Waals surface area contributed by atoms with Crippen LogP contribution >= 0.6 is 12.2 Å². The number of rotatable bonds is 0. The van der Waals surface area contributed by atoms with Gasteiger partial charge in [-0.3, -0.25) is 0 Å². The fourth-order valence-corrected chi connectivity index (χ4v) is 0.102. The molecule has 0 bridgehead atoms. The van der Waals surface area contributed by atoms with Gasteiger partial charge in [0.15, 0.2) is 0 Å². The van der Waals surface area contributed by atoms with Gasteiger partial charge in [0.1, 0.15) is 0 Å². The maximum absolute atomic E-state index is 4.52. The Bertz CT molecular complexity index is 52.9. The minimum atomic E-state index is 0. The van der Waals surface area contributed by atoms with E-state index in [9.17, 15) is 0 Å². The van der Waals surface area contributed by atoms with Gasteiger partial charge in [-0.05, 0) is 12.2 Å². The Morgan fingerprint density at radius 1 is 1.71 bits per heavy atom. The van der Waals surface area contributed by atoms with Gasteiger partial charge in [-0.25, -0.2) is 0 Å². The molecule has 38 valence electrons. The smallest absolute Gasteiger partial charge is 0.256 e. The molecule has 0 heterocycles. The number of hydrogen-bond donors (Lipinski definition) is 1. The first-order valence-electron chi connectivity index (χ1n) is 1.57. The van der Waals surface area contributed by atoms with E-state index >= 15 is 0 Å². The summed E-state index contributed by atoms with van der Waals surface area (Å²) in [6.45, 7) is 0. The van der Waals surface area contributed by atoms with Gasteiger partial charge in [0.2, 0.25) is 0 Å². The maximum atomic E-state index is 4.52. The van der Waals surface area contributed by atoms with Crippen molar-refractivity contribution in [1.29, 1.82) is 0 Å². The molecule has 7 heavy (non-hydrogen) atoms. The van der Waals surface area contributed by atoms with Crippen molar-refractivity contribution in [1.82, 2.24) is 5.32 Å². The molecule has 0 aliphatic rings. The van der Waals surface area contributed by atoms with Crippen molar-refractivity contribution in [3.05, 3.63) is 0 Å². The summed E-state index contributed by atoms with van der Waals surface area (Å²) < 4.78 is 4.52. The van der Waals surface area contributed by atoms with E-state index in [0.29, 0.717) is 5.17 Å². The van der Waals surface area contributed by atoms with Gasteiger partial charge in [-0.2, -0.15) is 0 Å². The number of methoxy groups -OCH3 is 1. The van der Waals surface area contributed by atoms with Gasteiger partial charge in [-0.1, -0.05) is 0 Å². The SMILES string of the molecule is CNC(=S)OC.[Zn]. The van der Waals surface area contributed by atoms with Crippen molar-refractivity contribution < 1.29 is 24.2 Å². The van der Waals surface area contributed by atoms with Gasteiger partial charge in [0, 0.05) is 26.5 Å². The summed E-state index contributed by atoms with van der Waals surface area (Å²) in [5.41, 5.74) is 0. The van der Waals surface area contributed by atoms with Crippen LogP contribution in [0.3, 0.4) is 0 Å². The van der Waals surface area contributed by atoms with Gasteiger partial charge in [0.05, 0.1) is 7.11 Å². The number of thiocarbonyl (C=S) groups is 1. The average Bonchev–Trinajstić information content (AvgIpc) is 1.65. The molecule has 0 aliphatic carbocycles. The molecule has 0 aromatic heterocycles. The van der Waals surface area contributed by atoms with Crippen LogP contribution in [0.25, 0.3) is 0 Å². The Balaban J connectivity index is 0. The molecular weight excluding hydrogens is 163 g/mol. The average molecular weight is 171 g/mol. The monoisotopic (exact) mass is 169 g/mol. The van der Waals surface area contributed by atoms with Gasteiger partial charge in [-0.15, -0.1) is 0 Å². The van der Waals surface area contributed by atoms with Crippen LogP contribution in [-0.4, -0.2) is 19.3 Å². The summed E-state index contributed by atoms with van der Waals surface area (Å²) in [6, 6.07) is 0. The van der Waals surface area contributed by atoms with Gasteiger partial charge < -0.3 is 10.1 Å². The van der Waals surface area contributed by atoms with Crippen molar-refractivity contribution in [2.45, 2.75) is 0 Å². The van der Waals surface area contributed by atoms with Crippen LogP contribution in [0.15, 0.2) is 0 Å². The first kappa shape index (κ1) is 10.3. The Morgan fingerprint density at radius 3 is 2.14 bits per heavy atom. The molecule has 0 aromatic carbocycles. The van der Waals surface area contributed by atoms with Crippen LogP contribution in [0.2, 0.25) is 0 Å². The van der Waals surface area contributed by atoms with E-state index in [1.165, 1.54) is 7.11 Å². The zero-order valence-electron chi connectivity index (χ0n) is 4.52. The summed E-state index contributed by atoms with van der Waals surface area (Å²) in [5.74, 6) is 0. The second kappa shape index (κ2) is 6.31. The molecule has 0 spiro atoms. The molecule has 0 atom stereocenters. The quantitative estimate of drug-likeness (QED) is 0.413. The van der Waals surface area contributed by atoms with Crippen LogP contribution in [0, 0.1) is 0 Å². The molecule has 0 fully saturated rings. The minimum Gasteiger partial charge on any atom is -0.474 e. The molecule has 0 unspecified atom stereocenters. The van der Waals surface area contributed by atoms with Crippen molar-refractivity contribution in [2.75, 3.05) is 14.2 Å². The zero-order valence-corrected chi connectivity index (χ0v) is 8.31. The van der Waals surface area contributed by atoms with Crippen molar-refractivity contribution in [3.63, 3.8) is 0 Å². The Labute approximate surface area is 61.4 Å². The van der Waals surface area contributed by atoms with Crippen molar-refractivity contribution >= 4 is 17.4 Å². The summed E-state index contributed by atoms with van der Waals surface area (Å²) >= 11 is 4.52. The minimum absolute atomic E-state index is 0. The van der Waals surface area contributed by atoms with E-state index in [1.54, 1.807) is 7.05 Å². The van der Waals surface area contributed by atoms with E-state index in [0.717, 1.165) is 0 Å². The van der Waals surface area contributed by atoms with E-state index in [1.807, 2.05) is 0 Å². The second-order valence-electron chi connectivity index (χ2n) is 0.742. The summed E-state index contributed by atoms with van der Waals surface area (Å²) in [7, 11) is 3.24. The number of nitrogens with one attached hydrogen (secondary N) is 1. The first-order valence-corrected chi connectivity index (χ1v) is 1.97. The molecule has 0 radical (unpaired) electrons.